The van der Waals surface area contributed by atoms with Gasteiger partial charge in [0.25, 0.3) is 11.8 Å². The molecular weight excluding hydrogens is 464 g/mol. The summed E-state index contributed by atoms with van der Waals surface area (Å²) in [6.07, 6.45) is 6.18. The second kappa shape index (κ2) is 10.9. The molecule has 0 atom stereocenters. The lowest BCUT2D eigenvalue weighted by Crippen LogP contribution is -2.39. The number of H-pyrrole nitrogens is 1. The summed E-state index contributed by atoms with van der Waals surface area (Å²) in [5.41, 5.74) is 1.74. The SMILES string of the molecule is O=C1CCC(=O)N1CCOc1nccnc1OC1CCN(CCCn2c(=O)[nH]c3ccccc32)CC1. The van der Waals surface area contributed by atoms with Crippen LogP contribution in [0, 0.1) is 0 Å². The molecule has 0 radical (unpaired) electrons. The minimum atomic E-state index is -0.167. The van der Waals surface area contributed by atoms with Crippen molar-refractivity contribution in [1.82, 2.24) is 29.3 Å². The van der Waals surface area contributed by atoms with Crippen LogP contribution in [0.5, 0.6) is 11.8 Å². The molecule has 11 heteroatoms. The van der Waals surface area contributed by atoms with E-state index in [9.17, 15) is 14.4 Å². The lowest BCUT2D eigenvalue weighted by Gasteiger charge is -2.32. The van der Waals surface area contributed by atoms with Gasteiger partial charge >= 0.3 is 5.69 Å². The van der Waals surface area contributed by atoms with Gasteiger partial charge in [0.2, 0.25) is 11.8 Å². The van der Waals surface area contributed by atoms with Gasteiger partial charge in [-0.15, -0.1) is 0 Å². The van der Waals surface area contributed by atoms with Gasteiger partial charge in [-0.3, -0.25) is 19.1 Å². The normalized spacial score (nSPS) is 17.3. The highest BCUT2D eigenvalue weighted by atomic mass is 16.5. The Balaban J connectivity index is 1.07. The van der Waals surface area contributed by atoms with Crippen molar-refractivity contribution < 1.29 is 19.1 Å². The number of carbonyl (C=O) groups excluding carboxylic acids is 2. The highest BCUT2D eigenvalue weighted by molar-refractivity contribution is 6.01. The summed E-state index contributed by atoms with van der Waals surface area (Å²) >= 11 is 0. The Labute approximate surface area is 208 Å². The van der Waals surface area contributed by atoms with Crippen molar-refractivity contribution in [1.29, 1.82) is 0 Å². The number of piperidine rings is 1. The van der Waals surface area contributed by atoms with Gasteiger partial charge in [0.15, 0.2) is 0 Å². The first-order chi connectivity index (χ1) is 17.6. The molecule has 2 saturated heterocycles. The summed E-state index contributed by atoms with van der Waals surface area (Å²) in [4.78, 5) is 50.8. The number of hydrogen-bond acceptors (Lipinski definition) is 8. The van der Waals surface area contributed by atoms with Crippen molar-refractivity contribution in [2.45, 2.75) is 44.8 Å². The van der Waals surface area contributed by atoms with Crippen molar-refractivity contribution in [3.8, 4) is 11.8 Å². The zero-order valence-electron chi connectivity index (χ0n) is 20.1. The lowest BCUT2D eigenvalue weighted by molar-refractivity contribution is -0.138. The molecule has 4 heterocycles. The quantitative estimate of drug-likeness (QED) is 0.422. The van der Waals surface area contributed by atoms with Gasteiger partial charge in [-0.05, 0) is 37.9 Å². The van der Waals surface area contributed by atoms with Crippen molar-refractivity contribution in [2.75, 3.05) is 32.8 Å². The Kier molecular flexibility index (Phi) is 7.26. The van der Waals surface area contributed by atoms with E-state index in [2.05, 4.69) is 19.9 Å². The predicted molar refractivity (Wildman–Crippen MR) is 131 cm³/mol. The Morgan fingerprint density at radius 1 is 0.917 bits per heavy atom. The third kappa shape index (κ3) is 5.40. The molecule has 0 bridgehead atoms. The zero-order valence-corrected chi connectivity index (χ0v) is 20.1. The van der Waals surface area contributed by atoms with Crippen LogP contribution in [0.25, 0.3) is 11.0 Å². The zero-order chi connectivity index (χ0) is 24.9. The smallest absolute Gasteiger partial charge is 0.326 e. The van der Waals surface area contributed by atoms with Crippen LogP contribution in [-0.4, -0.2) is 80.0 Å². The number of nitrogens with zero attached hydrogens (tertiary/aromatic N) is 5. The fourth-order valence-electron chi connectivity index (χ4n) is 4.79. The second-order valence-electron chi connectivity index (χ2n) is 9.07. The molecule has 0 saturated carbocycles. The first kappa shape index (κ1) is 24.0. The maximum atomic E-state index is 12.3. The fourth-order valence-corrected chi connectivity index (χ4v) is 4.79. The van der Waals surface area contributed by atoms with E-state index >= 15 is 0 Å². The van der Waals surface area contributed by atoms with Gasteiger partial charge < -0.3 is 19.4 Å². The van der Waals surface area contributed by atoms with E-state index < -0.39 is 0 Å². The van der Waals surface area contributed by atoms with Crippen molar-refractivity contribution in [2.24, 2.45) is 0 Å². The van der Waals surface area contributed by atoms with Crippen LogP contribution in [0.3, 0.4) is 0 Å². The molecule has 5 rings (SSSR count). The molecule has 36 heavy (non-hydrogen) atoms. The monoisotopic (exact) mass is 494 g/mol. The molecule has 1 N–H and O–H groups in total. The van der Waals surface area contributed by atoms with E-state index in [1.807, 2.05) is 24.3 Å². The van der Waals surface area contributed by atoms with Crippen molar-refractivity contribution in [3.05, 3.63) is 47.1 Å². The number of aryl methyl sites for hydroxylation is 1. The lowest BCUT2D eigenvalue weighted by atomic mass is 10.1. The molecule has 190 valence electrons. The highest BCUT2D eigenvalue weighted by Gasteiger charge is 2.29. The average molecular weight is 495 g/mol. The van der Waals surface area contributed by atoms with E-state index in [-0.39, 0.29) is 55.5 Å². The number of ether oxygens (including phenoxy) is 2. The predicted octanol–water partition coefficient (Wildman–Crippen LogP) is 1.58. The van der Waals surface area contributed by atoms with Crippen molar-refractivity contribution in [3.63, 3.8) is 0 Å². The maximum absolute atomic E-state index is 12.3. The topological polar surface area (TPSA) is 123 Å². The number of imidazole rings is 1. The number of carbonyl (C=O) groups is 2. The number of rotatable bonds is 10. The Hall–Kier alpha value is -3.73. The Morgan fingerprint density at radius 2 is 1.64 bits per heavy atom. The molecule has 2 fully saturated rings. The van der Waals surface area contributed by atoms with Crippen LogP contribution in [0.15, 0.2) is 41.5 Å². The number of benzene rings is 1. The number of fused-ring (bicyclic) bond motifs is 1. The first-order valence-corrected chi connectivity index (χ1v) is 12.4. The molecule has 0 spiro atoms. The van der Waals surface area contributed by atoms with Crippen LogP contribution >= 0.6 is 0 Å². The van der Waals surface area contributed by atoms with Gasteiger partial charge in [0.05, 0.1) is 17.6 Å². The molecule has 0 aliphatic carbocycles. The molecule has 2 amide bonds. The Morgan fingerprint density at radius 3 is 2.42 bits per heavy atom. The third-order valence-corrected chi connectivity index (χ3v) is 6.69. The van der Waals surface area contributed by atoms with E-state index in [1.165, 1.54) is 11.1 Å². The number of para-hydroxylation sites is 2. The van der Waals surface area contributed by atoms with Crippen LogP contribution in [-0.2, 0) is 16.1 Å². The van der Waals surface area contributed by atoms with Gasteiger partial charge in [0.1, 0.15) is 12.7 Å². The van der Waals surface area contributed by atoms with E-state index in [1.54, 1.807) is 10.8 Å². The molecule has 1 aromatic carbocycles. The summed E-state index contributed by atoms with van der Waals surface area (Å²) in [6, 6.07) is 7.75. The number of imide groups is 1. The minimum Gasteiger partial charge on any atom is -0.472 e. The highest BCUT2D eigenvalue weighted by Crippen LogP contribution is 2.25. The van der Waals surface area contributed by atoms with Gasteiger partial charge in [0, 0.05) is 44.9 Å². The molecule has 11 nitrogen and oxygen atoms in total. The fraction of sp³-hybridized carbons (Fsp3) is 0.480. The van der Waals surface area contributed by atoms with Gasteiger partial charge in [-0.1, -0.05) is 12.1 Å². The van der Waals surface area contributed by atoms with Crippen LogP contribution < -0.4 is 15.2 Å². The summed E-state index contributed by atoms with van der Waals surface area (Å²) in [7, 11) is 0. The number of nitrogens with one attached hydrogen (secondary N) is 1. The summed E-state index contributed by atoms with van der Waals surface area (Å²) in [6.45, 7) is 3.70. The number of likely N-dealkylation sites (tertiary alicyclic amines) is 2. The van der Waals surface area contributed by atoms with E-state index in [0.29, 0.717) is 12.4 Å². The van der Waals surface area contributed by atoms with E-state index in [0.717, 1.165) is 49.9 Å². The molecule has 2 aliphatic heterocycles. The van der Waals surface area contributed by atoms with Crippen LogP contribution in [0.1, 0.15) is 32.1 Å². The van der Waals surface area contributed by atoms with Crippen molar-refractivity contribution >= 4 is 22.8 Å². The first-order valence-electron chi connectivity index (χ1n) is 12.4. The molecule has 2 aromatic heterocycles. The number of amides is 2. The van der Waals surface area contributed by atoms with Crippen LogP contribution in [0.2, 0.25) is 0 Å². The third-order valence-electron chi connectivity index (χ3n) is 6.69. The summed E-state index contributed by atoms with van der Waals surface area (Å²) in [5.74, 6) is 0.260. The summed E-state index contributed by atoms with van der Waals surface area (Å²) < 4.78 is 13.6. The van der Waals surface area contributed by atoms with Crippen LogP contribution in [0.4, 0.5) is 0 Å². The molecule has 3 aromatic rings. The molecule has 0 unspecified atom stereocenters. The summed E-state index contributed by atoms with van der Waals surface area (Å²) in [5, 5.41) is 0. The minimum absolute atomic E-state index is 0.00160. The van der Waals surface area contributed by atoms with E-state index in [4.69, 9.17) is 9.47 Å². The molecule has 2 aliphatic rings. The standard InChI is InChI=1S/C25H30N6O5/c32-21-6-7-22(33)31(21)16-17-35-23-24(27-11-10-26-23)36-18-8-14-29(15-9-18)12-3-13-30-20-5-2-1-4-19(20)28-25(30)34/h1-2,4-5,10-11,18H,3,6-9,12-17H2,(H,28,34). The maximum Gasteiger partial charge on any atom is 0.326 e. The average Bonchev–Trinajstić information content (AvgIpc) is 3.39. The van der Waals surface area contributed by atoms with Gasteiger partial charge in [-0.2, -0.15) is 0 Å². The number of hydrogen-bond donors (Lipinski definition) is 1. The second-order valence-corrected chi connectivity index (χ2v) is 9.07. The Bertz CT molecular complexity index is 1260. The molecular formula is C25H30N6O5. The number of aromatic amines is 1. The van der Waals surface area contributed by atoms with Gasteiger partial charge in [-0.25, -0.2) is 14.8 Å². The number of aromatic nitrogens is 4. The largest absolute Gasteiger partial charge is 0.472 e.